The van der Waals surface area contributed by atoms with Crippen molar-refractivity contribution in [3.8, 4) is 0 Å². The molecule has 15 heterocycles. The first-order chi connectivity index (χ1) is 41.3. The van der Waals surface area contributed by atoms with Crippen LogP contribution in [-0.4, -0.2) is 372 Å². The first-order valence-electron chi connectivity index (χ1n) is 27.6. The minimum absolute atomic E-state index is 0.504. The highest BCUT2D eigenvalue weighted by molar-refractivity contribution is 7.86. The molecule has 1 aromatic carbocycles. The monoisotopic (exact) mass is 1290 g/mol. The van der Waals surface area contributed by atoms with Gasteiger partial charge in [-0.3, -0.25) is 4.18 Å². The summed E-state index contributed by atoms with van der Waals surface area (Å²) < 4.78 is 114. The fraction of sp³-hybridized carbons (Fsp3) is 0.878. The summed E-state index contributed by atoms with van der Waals surface area (Å²) in [6.45, 7) is -6.12. The van der Waals surface area contributed by atoms with Crippen molar-refractivity contribution in [2.45, 2.75) is 227 Å². The molecule has 37 nitrogen and oxygen atoms in total. The second-order valence-corrected chi connectivity index (χ2v) is 23.6. The van der Waals surface area contributed by atoms with Crippen molar-refractivity contribution in [1.82, 2.24) is 0 Å². The average Bonchev–Trinajstić information content (AvgIpc) is 1.18. The Balaban J connectivity index is 1.04. The van der Waals surface area contributed by atoms with Gasteiger partial charge in [0, 0.05) is 0 Å². The molecule has 0 saturated carbocycles. The second-order valence-electron chi connectivity index (χ2n) is 22.0. The minimum Gasteiger partial charge on any atom is -0.394 e. The van der Waals surface area contributed by atoms with Crippen molar-refractivity contribution in [3.63, 3.8) is 0 Å². The highest BCUT2D eigenvalue weighted by atomic mass is 32.2. The molecule has 1 aromatic rings. The molecule has 15 fully saturated rings. The van der Waals surface area contributed by atoms with Crippen LogP contribution in [0.4, 0.5) is 0 Å². The summed E-state index contributed by atoms with van der Waals surface area (Å²) in [4.78, 5) is -0.504. The van der Waals surface area contributed by atoms with Gasteiger partial charge in [0.1, 0.15) is 165 Å². The van der Waals surface area contributed by atoms with Crippen LogP contribution < -0.4 is 0 Å². The Morgan fingerprint density at radius 3 is 0.713 bits per heavy atom. The van der Waals surface area contributed by atoms with E-state index in [0.29, 0.717) is 5.56 Å². The van der Waals surface area contributed by atoms with Crippen LogP contribution in [0, 0.1) is 6.92 Å². The van der Waals surface area contributed by atoms with Gasteiger partial charge in [0.05, 0.1) is 51.1 Å². The highest BCUT2D eigenvalue weighted by Crippen LogP contribution is 2.40. The molecule has 87 heavy (non-hydrogen) atoms. The van der Waals surface area contributed by atoms with Gasteiger partial charge in [-0.15, -0.1) is 0 Å². The molecule has 0 radical (unpaired) electrons. The molecular formula is C49H76O37S. The van der Waals surface area contributed by atoms with Gasteiger partial charge in [-0.05, 0) is 19.1 Å². The van der Waals surface area contributed by atoms with E-state index in [1.54, 1.807) is 6.92 Å². The number of fused-ring (bicyclic) bond motifs is 7. The molecule has 0 amide bonds. The SMILES string of the molecule is Cc1ccc(S(=O)(=O)O[C@H]2[C@H]3O[C@H]4[C@H](O)[C@@H](O)[C@@H](O[C@H]5[C@H](O)[C@@H](O)[C@@H](O[C@H]6[C@H](O)[C@@H](O)[C@@H](O[C@H]7[C@@H](O)[C@H](O)[C@@H](O[C@H]8[C@@H](O)[C@H](O)[C@@H](O[C@H]9[C@@H](O)[C@H](O)[C@@H](O[C@@H]([C@@H]2O)[C@@H](CO)O3)O[C@@H]9CO)O[C@@H]8CO)O[C@@H]7CO)O[C@@H]6CO)O[C@@H]5CO)O[C@@H]4CO)cc1. The molecule has 38 heteroatoms. The van der Waals surface area contributed by atoms with E-state index in [-0.39, 0.29) is 0 Å². The zero-order valence-corrected chi connectivity index (χ0v) is 46.6. The molecule has 0 aliphatic carbocycles. The van der Waals surface area contributed by atoms with Crippen LogP contribution >= 0.6 is 0 Å². The third kappa shape index (κ3) is 13.9. The van der Waals surface area contributed by atoms with Crippen LogP contribution in [0.3, 0.4) is 0 Å². The first kappa shape index (κ1) is 69.1. The largest absolute Gasteiger partial charge is 0.394 e. The summed E-state index contributed by atoms with van der Waals surface area (Å²) in [5, 5.41) is 223. The number of rotatable bonds is 10. The molecule has 20 N–H and O–H groups in total. The summed E-state index contributed by atoms with van der Waals surface area (Å²) in [6, 6.07) is 5.02. The van der Waals surface area contributed by atoms with E-state index in [4.69, 9.17) is 70.5 Å². The van der Waals surface area contributed by atoms with Gasteiger partial charge in [-0.1, -0.05) is 17.7 Å². The van der Waals surface area contributed by atoms with Crippen LogP contribution in [0.2, 0.25) is 0 Å². The highest BCUT2D eigenvalue weighted by Gasteiger charge is 2.60. The zero-order chi connectivity index (χ0) is 63.2. The quantitative estimate of drug-likeness (QED) is 0.0967. The van der Waals surface area contributed by atoms with Crippen molar-refractivity contribution in [2.75, 3.05) is 46.2 Å². The Morgan fingerprint density at radius 2 is 0.494 bits per heavy atom. The number of aryl methyl sites for hydroxylation is 1. The Morgan fingerprint density at radius 1 is 0.299 bits per heavy atom. The van der Waals surface area contributed by atoms with Gasteiger partial charge >= 0.3 is 0 Å². The van der Waals surface area contributed by atoms with E-state index in [9.17, 15) is 111 Å². The van der Waals surface area contributed by atoms with E-state index in [1.165, 1.54) is 12.1 Å². The van der Waals surface area contributed by atoms with Gasteiger partial charge < -0.3 is 168 Å². The van der Waals surface area contributed by atoms with Crippen LogP contribution in [0.15, 0.2) is 29.2 Å². The van der Waals surface area contributed by atoms with Gasteiger partial charge in [-0.25, -0.2) is 0 Å². The standard InChI is InChI=1S/C49H76O37S/c1-13-2-4-14(5-3-13)87(70,71)86-42-34(69)41-21(12-56)78-49(42)85-40-20(11-55)77-47(33(68)27(40)62)83-38-18(9-53)75-45(31(66)25(38)60)81-36-16(7-51)73-43(29(64)23(36)58)79-35-15(6-50)72-44(28(63)22(35)57)80-37-17(8-52)74-46(30(65)24(37)59)82-39-19(10-54)76-48(84-41)32(67)26(39)61/h2-5,15-69H,6-12H2,1H3/t15-,16-,17-,18-,19-,20-,21-,22+,23-,24+,25-,26+,27-,28+,29-,30+,31-,32+,33-,34+,35-,36-,37-,38-,39-,40-,41-,42-,43-,44-,45-,46-,47-,48-,49-/m1/s1. The average molecular weight is 1290 g/mol. The van der Waals surface area contributed by atoms with Gasteiger partial charge in [0.15, 0.2) is 50.1 Å². The van der Waals surface area contributed by atoms with Gasteiger partial charge in [0.25, 0.3) is 10.1 Å². The summed E-state index contributed by atoms with van der Waals surface area (Å²) in [7, 11) is -5.02. The summed E-state index contributed by atoms with van der Waals surface area (Å²) in [5.74, 6) is 0. The van der Waals surface area contributed by atoms with Crippen LogP contribution in [-0.2, 0) is 80.6 Å². The summed E-state index contributed by atoms with van der Waals surface area (Å²) >= 11 is 0. The molecular weight excluding hydrogens is 1210 g/mol. The topological polar surface area (TPSA) is 577 Å². The lowest BCUT2D eigenvalue weighted by molar-refractivity contribution is -0.396. The summed E-state index contributed by atoms with van der Waals surface area (Å²) in [5.41, 5.74) is 0.600. The maximum absolute atomic E-state index is 14.0. The molecule has 15 saturated heterocycles. The first-order valence-corrected chi connectivity index (χ1v) is 29.0. The molecule has 500 valence electrons. The third-order valence-corrected chi connectivity index (χ3v) is 17.6. The van der Waals surface area contributed by atoms with E-state index in [0.717, 1.165) is 12.1 Å². The van der Waals surface area contributed by atoms with Gasteiger partial charge in [-0.2, -0.15) is 8.42 Å². The van der Waals surface area contributed by atoms with E-state index in [2.05, 4.69) is 0 Å². The maximum atomic E-state index is 14.0. The number of hydrogen-bond donors (Lipinski definition) is 20. The van der Waals surface area contributed by atoms with Crippen molar-refractivity contribution < 1.29 is 181 Å². The van der Waals surface area contributed by atoms with Crippen LogP contribution in [0.5, 0.6) is 0 Å². The molecule has 0 aromatic heterocycles. The number of hydrogen-bond acceptors (Lipinski definition) is 37. The Bertz CT molecular complexity index is 2430. The van der Waals surface area contributed by atoms with E-state index in [1.807, 2.05) is 0 Å². The fourth-order valence-corrected chi connectivity index (χ4v) is 12.5. The van der Waals surface area contributed by atoms with Crippen LogP contribution in [0.25, 0.3) is 0 Å². The van der Waals surface area contributed by atoms with Crippen LogP contribution in [0.1, 0.15) is 5.56 Å². The molecule has 35 atom stereocenters. The Hall–Kier alpha value is -2.23. The normalized spacial score (nSPS) is 50.5. The lowest BCUT2D eigenvalue weighted by Gasteiger charge is -2.50. The van der Waals surface area contributed by atoms with Crippen molar-refractivity contribution >= 4 is 10.1 Å². The maximum Gasteiger partial charge on any atom is 0.297 e. The molecule has 15 aliphatic heterocycles. The van der Waals surface area contributed by atoms with Crippen molar-refractivity contribution in [3.05, 3.63) is 29.8 Å². The molecule has 16 rings (SSSR count). The lowest BCUT2D eigenvalue weighted by atomic mass is 9.95. The number of aliphatic hydroxyl groups is 20. The van der Waals surface area contributed by atoms with Crippen molar-refractivity contribution in [2.24, 2.45) is 0 Å². The van der Waals surface area contributed by atoms with Gasteiger partial charge in [0.2, 0.25) is 0 Å². The molecule has 15 aliphatic rings. The number of aliphatic hydroxyl groups excluding tert-OH is 20. The predicted molar refractivity (Wildman–Crippen MR) is 266 cm³/mol. The van der Waals surface area contributed by atoms with E-state index >= 15 is 0 Å². The lowest BCUT2D eigenvalue weighted by Crippen LogP contribution is -2.68. The Labute approximate surface area is 492 Å². The number of benzene rings is 1. The second kappa shape index (κ2) is 29.0. The molecule has 0 spiro atoms. The Kier molecular flexibility index (Phi) is 23.0. The minimum atomic E-state index is -5.02. The fourth-order valence-electron chi connectivity index (χ4n) is 11.4. The zero-order valence-electron chi connectivity index (χ0n) is 45.8. The smallest absolute Gasteiger partial charge is 0.297 e. The van der Waals surface area contributed by atoms with E-state index < -0.39 is 276 Å². The third-order valence-electron chi connectivity index (χ3n) is 16.3. The molecule has 14 bridgehead atoms. The molecule has 0 unspecified atom stereocenters. The summed E-state index contributed by atoms with van der Waals surface area (Å²) in [6.07, 6.45) is -73.3. The van der Waals surface area contributed by atoms with Crippen molar-refractivity contribution in [1.29, 1.82) is 0 Å². The predicted octanol–water partition coefficient (Wildman–Crippen LogP) is -13.5. The number of ether oxygens (including phenoxy) is 14.